The van der Waals surface area contributed by atoms with Gasteiger partial charge in [-0.05, 0) is 77.5 Å². The van der Waals surface area contributed by atoms with Crippen LogP contribution in [0.2, 0.25) is 0 Å². The molecule has 6 rings (SSSR count). The number of ether oxygens (including phenoxy) is 4. The minimum atomic E-state index is -0.889. The molecule has 2 aromatic carbocycles. The minimum absolute atomic E-state index is 0.307. The van der Waals surface area contributed by atoms with Gasteiger partial charge in [-0.15, -0.1) is 0 Å². The molecule has 1 saturated carbocycles. The number of halogens is 1. The molecule has 1 N–H and O–H groups in total. The van der Waals surface area contributed by atoms with Crippen LogP contribution in [0.1, 0.15) is 58.8 Å². The molecule has 1 atom stereocenters. The Morgan fingerprint density at radius 2 is 1.48 bits per heavy atom. The van der Waals surface area contributed by atoms with Crippen molar-refractivity contribution in [3.63, 3.8) is 0 Å². The summed E-state index contributed by atoms with van der Waals surface area (Å²) < 4.78 is 25.3. The maximum atomic E-state index is 11.5. The molecule has 0 aliphatic heterocycles. The zero-order valence-electron chi connectivity index (χ0n) is 26.7. The van der Waals surface area contributed by atoms with Crippen molar-refractivity contribution in [1.82, 2.24) is 19.4 Å². The van der Waals surface area contributed by atoms with Gasteiger partial charge in [0.25, 0.3) is 0 Å². The number of aromatic nitrogens is 4. The van der Waals surface area contributed by atoms with Crippen molar-refractivity contribution in [1.29, 1.82) is 0 Å². The first-order valence-electron chi connectivity index (χ1n) is 15.2. The summed E-state index contributed by atoms with van der Waals surface area (Å²) in [6, 6.07) is 15.5. The average molecular weight is 689 g/mol. The van der Waals surface area contributed by atoms with E-state index in [0.29, 0.717) is 65.8 Å². The summed E-state index contributed by atoms with van der Waals surface area (Å²) >= 11 is 3.69. The summed E-state index contributed by atoms with van der Waals surface area (Å²) in [4.78, 5) is 16.4. The molecule has 1 fully saturated rings. The van der Waals surface area contributed by atoms with Crippen molar-refractivity contribution in [2.75, 3.05) is 33.3 Å². The van der Waals surface area contributed by atoms with Crippen LogP contribution in [0.5, 0.6) is 23.0 Å². The van der Waals surface area contributed by atoms with Gasteiger partial charge in [0.2, 0.25) is 0 Å². The molecule has 10 nitrogen and oxygen atoms in total. The van der Waals surface area contributed by atoms with Gasteiger partial charge in [-0.1, -0.05) is 0 Å². The maximum Gasteiger partial charge on any atom is 0.151 e. The Bertz CT molecular complexity index is 1800. The van der Waals surface area contributed by atoms with Crippen molar-refractivity contribution in [2.24, 2.45) is 0 Å². The van der Waals surface area contributed by atoms with Crippen LogP contribution in [0.25, 0.3) is 5.65 Å². The molecule has 5 aromatic rings. The van der Waals surface area contributed by atoms with E-state index in [1.807, 2.05) is 60.0 Å². The lowest BCUT2D eigenvalue weighted by Gasteiger charge is -2.27. The Labute approximate surface area is 277 Å². The number of rotatable bonds is 13. The van der Waals surface area contributed by atoms with Gasteiger partial charge in [0, 0.05) is 61.2 Å². The van der Waals surface area contributed by atoms with Gasteiger partial charge >= 0.3 is 0 Å². The molecule has 3 aromatic heterocycles. The fourth-order valence-electron chi connectivity index (χ4n) is 5.67. The molecule has 46 heavy (non-hydrogen) atoms. The van der Waals surface area contributed by atoms with E-state index < -0.39 is 6.10 Å². The van der Waals surface area contributed by atoms with E-state index in [2.05, 4.69) is 38.1 Å². The summed E-state index contributed by atoms with van der Waals surface area (Å²) in [6.45, 7) is 2.75. The largest absolute Gasteiger partial charge is 0.497 e. The molecule has 1 aliphatic carbocycles. The van der Waals surface area contributed by atoms with Crippen LogP contribution in [-0.4, -0.2) is 52.9 Å². The Hall–Kier alpha value is -4.35. The Morgan fingerprint density at radius 3 is 2.04 bits per heavy atom. The highest BCUT2D eigenvalue weighted by atomic mass is 79.9. The molecule has 0 spiro atoms. The standard InChI is InChI=1S/C35H38BrN5O5/c1-21-37-30(31(42)13-26-20-41-19-25(22-6-7-22)12-29(36)35(41)39-26)16-34(38-21)40(17-23-8-10-27(43-2)14-32(23)45-4)18-24-9-11-28(44-3)15-33(24)46-5/h8-12,14-16,19-20,22,31,42H,6-7,13,17-18H2,1-5H3. The normalized spacial score (nSPS) is 13.5. The maximum absolute atomic E-state index is 11.5. The third kappa shape index (κ3) is 6.90. The number of nitrogens with zero attached hydrogens (tertiary/aromatic N) is 5. The van der Waals surface area contributed by atoms with E-state index in [1.165, 1.54) is 18.4 Å². The van der Waals surface area contributed by atoms with Gasteiger partial charge in [0.1, 0.15) is 40.7 Å². The van der Waals surface area contributed by atoms with Crippen molar-refractivity contribution < 1.29 is 24.1 Å². The molecule has 240 valence electrons. The predicted molar refractivity (Wildman–Crippen MR) is 179 cm³/mol. The Balaban J connectivity index is 1.33. The van der Waals surface area contributed by atoms with Gasteiger partial charge in [0.15, 0.2) is 5.65 Å². The molecule has 11 heteroatoms. The highest BCUT2D eigenvalue weighted by Crippen LogP contribution is 2.41. The molecule has 1 unspecified atom stereocenters. The van der Waals surface area contributed by atoms with E-state index in [0.717, 1.165) is 26.9 Å². The second-order valence-electron chi connectivity index (χ2n) is 11.5. The van der Waals surface area contributed by atoms with E-state index >= 15 is 0 Å². The first kappa shape index (κ1) is 31.6. The van der Waals surface area contributed by atoms with Crippen molar-refractivity contribution >= 4 is 27.4 Å². The summed E-state index contributed by atoms with van der Waals surface area (Å²) in [6.07, 6.45) is 6.00. The zero-order valence-corrected chi connectivity index (χ0v) is 28.2. The lowest BCUT2D eigenvalue weighted by Crippen LogP contribution is -2.25. The monoisotopic (exact) mass is 687 g/mol. The number of benzene rings is 2. The van der Waals surface area contributed by atoms with E-state index in [4.69, 9.17) is 28.9 Å². The molecular formula is C35H38BrN5O5. The second kappa shape index (κ2) is 13.6. The van der Waals surface area contributed by atoms with E-state index in [-0.39, 0.29) is 0 Å². The van der Waals surface area contributed by atoms with Crippen molar-refractivity contribution in [3.8, 4) is 23.0 Å². The van der Waals surface area contributed by atoms with Gasteiger partial charge in [-0.2, -0.15) is 0 Å². The van der Waals surface area contributed by atoms with Crippen LogP contribution in [0.4, 0.5) is 5.82 Å². The highest BCUT2D eigenvalue weighted by Gasteiger charge is 2.25. The molecular weight excluding hydrogens is 650 g/mol. The Morgan fingerprint density at radius 1 is 0.848 bits per heavy atom. The van der Waals surface area contributed by atoms with Crippen LogP contribution in [0.15, 0.2) is 65.4 Å². The number of aliphatic hydroxyl groups is 1. The lowest BCUT2D eigenvalue weighted by atomic mass is 10.1. The number of fused-ring (bicyclic) bond motifs is 1. The Kier molecular flexibility index (Phi) is 9.32. The molecule has 3 heterocycles. The highest BCUT2D eigenvalue weighted by molar-refractivity contribution is 9.10. The van der Waals surface area contributed by atoms with Crippen molar-refractivity contribution in [3.05, 3.63) is 99.3 Å². The van der Waals surface area contributed by atoms with E-state index in [1.54, 1.807) is 28.4 Å². The minimum Gasteiger partial charge on any atom is -0.497 e. The number of anilines is 1. The SMILES string of the molecule is COc1ccc(CN(Cc2ccc(OC)cc2OC)c2cc(C(O)Cc3cn4cc(C5CC5)cc(Br)c4n3)nc(C)n2)c(OC)c1. The van der Waals surface area contributed by atoms with Gasteiger partial charge in [-0.25, -0.2) is 15.0 Å². The van der Waals surface area contributed by atoms with Crippen LogP contribution >= 0.6 is 15.9 Å². The predicted octanol–water partition coefficient (Wildman–Crippen LogP) is 6.59. The number of aryl methyl sites for hydroxylation is 1. The summed E-state index contributed by atoms with van der Waals surface area (Å²) in [5.74, 6) is 4.62. The third-order valence-corrected chi connectivity index (χ3v) is 8.83. The zero-order chi connectivity index (χ0) is 32.4. The average Bonchev–Trinajstić information content (AvgIpc) is 3.84. The number of hydrogen-bond acceptors (Lipinski definition) is 9. The topological polar surface area (TPSA) is 103 Å². The van der Waals surface area contributed by atoms with Crippen LogP contribution in [0.3, 0.4) is 0 Å². The summed E-state index contributed by atoms with van der Waals surface area (Å²) in [5, 5.41) is 11.5. The second-order valence-corrected chi connectivity index (χ2v) is 12.3. The lowest BCUT2D eigenvalue weighted by molar-refractivity contribution is 0.172. The number of hydrogen-bond donors (Lipinski definition) is 1. The van der Waals surface area contributed by atoms with Gasteiger partial charge in [0.05, 0.1) is 44.3 Å². The van der Waals surface area contributed by atoms with E-state index in [9.17, 15) is 5.11 Å². The van der Waals surface area contributed by atoms with Crippen LogP contribution in [0, 0.1) is 6.92 Å². The number of methoxy groups -OCH3 is 4. The quantitative estimate of drug-likeness (QED) is 0.147. The third-order valence-electron chi connectivity index (χ3n) is 8.25. The van der Waals surface area contributed by atoms with Crippen LogP contribution < -0.4 is 23.8 Å². The molecule has 0 amide bonds. The summed E-state index contributed by atoms with van der Waals surface area (Å²) in [7, 11) is 6.54. The smallest absolute Gasteiger partial charge is 0.151 e. The molecule has 0 bridgehead atoms. The van der Waals surface area contributed by atoms with Gasteiger partial charge in [-0.3, -0.25) is 0 Å². The molecule has 0 radical (unpaired) electrons. The fourth-order valence-corrected chi connectivity index (χ4v) is 6.23. The summed E-state index contributed by atoms with van der Waals surface area (Å²) in [5.41, 5.74) is 5.32. The first-order chi connectivity index (χ1) is 22.3. The number of pyridine rings is 1. The first-order valence-corrected chi connectivity index (χ1v) is 15.9. The molecule has 1 aliphatic rings. The van der Waals surface area contributed by atoms with Gasteiger partial charge < -0.3 is 33.4 Å². The fraction of sp³-hybridized carbons (Fsp3) is 0.343. The van der Waals surface area contributed by atoms with Crippen LogP contribution in [-0.2, 0) is 19.5 Å². The number of imidazole rings is 1. The van der Waals surface area contributed by atoms with Crippen molar-refractivity contribution in [2.45, 2.75) is 51.3 Å². The molecule has 0 saturated heterocycles. The number of aliphatic hydroxyl groups excluding tert-OH is 1.